The van der Waals surface area contributed by atoms with Crippen molar-refractivity contribution in [2.75, 3.05) is 48.7 Å². The summed E-state index contributed by atoms with van der Waals surface area (Å²) in [5, 5.41) is 9.21. The Morgan fingerprint density at radius 2 is 1.42 bits per heavy atom. The lowest BCUT2D eigenvalue weighted by molar-refractivity contribution is -0.131. The lowest BCUT2D eigenvalue weighted by atomic mass is 9.98. The van der Waals surface area contributed by atoms with Crippen molar-refractivity contribution in [3.8, 4) is 11.1 Å². The molecule has 4 aromatic rings. The summed E-state index contributed by atoms with van der Waals surface area (Å²) in [5.41, 5.74) is 7.34. The minimum Gasteiger partial charge on any atom is -0.376 e. The smallest absolute Gasteiger partial charge is 0.255 e. The van der Waals surface area contributed by atoms with Crippen LogP contribution in [0.2, 0.25) is 0 Å². The molecule has 3 amide bonds. The first-order chi connectivity index (χ1) is 21.9. The fraction of sp³-hybridized carbons (Fsp3) is 0.270. The molecule has 230 valence electrons. The molecule has 0 atom stereocenters. The molecule has 4 aromatic carbocycles. The molecule has 0 aromatic heterocycles. The van der Waals surface area contributed by atoms with Gasteiger partial charge in [-0.05, 0) is 90.6 Å². The summed E-state index contributed by atoms with van der Waals surface area (Å²) in [4.78, 5) is 42.1. The number of aryl methyl sites for hydroxylation is 1. The Bertz CT molecular complexity index is 1640. The molecule has 0 unspecified atom stereocenters. The van der Waals surface area contributed by atoms with Gasteiger partial charge in [-0.25, -0.2) is 0 Å². The van der Waals surface area contributed by atoms with Crippen LogP contribution in [-0.4, -0.2) is 60.2 Å². The van der Waals surface area contributed by atoms with Crippen molar-refractivity contribution in [3.05, 3.63) is 114 Å². The number of hydrogen-bond donors (Lipinski definition) is 3. The van der Waals surface area contributed by atoms with Gasteiger partial charge in [-0.1, -0.05) is 48.5 Å². The average Bonchev–Trinajstić information content (AvgIpc) is 3.93. The summed E-state index contributed by atoms with van der Waals surface area (Å²) < 4.78 is 0. The molecule has 6 rings (SSSR count). The maximum atomic E-state index is 13.0. The van der Waals surface area contributed by atoms with E-state index in [-0.39, 0.29) is 23.6 Å². The third kappa shape index (κ3) is 7.96. The third-order valence-electron chi connectivity index (χ3n) is 8.47. The lowest BCUT2D eigenvalue weighted by Gasteiger charge is -2.35. The van der Waals surface area contributed by atoms with E-state index in [9.17, 15) is 14.4 Å². The monoisotopic (exact) mass is 601 g/mol. The molecule has 0 spiro atoms. The molecule has 1 aliphatic carbocycles. The molecule has 45 heavy (non-hydrogen) atoms. The number of rotatable bonds is 10. The Morgan fingerprint density at radius 1 is 0.733 bits per heavy atom. The quantitative estimate of drug-likeness (QED) is 0.207. The predicted molar refractivity (Wildman–Crippen MR) is 179 cm³/mol. The van der Waals surface area contributed by atoms with Gasteiger partial charge in [-0.15, -0.1) is 0 Å². The van der Waals surface area contributed by atoms with Crippen LogP contribution in [0.15, 0.2) is 97.1 Å². The minimum absolute atomic E-state index is 0.0871. The molecule has 2 aliphatic rings. The summed E-state index contributed by atoms with van der Waals surface area (Å²) >= 11 is 0. The topological polar surface area (TPSA) is 93.8 Å². The van der Waals surface area contributed by atoms with Gasteiger partial charge in [-0.2, -0.15) is 0 Å². The van der Waals surface area contributed by atoms with Crippen molar-refractivity contribution in [2.45, 2.75) is 26.3 Å². The largest absolute Gasteiger partial charge is 0.376 e. The Morgan fingerprint density at radius 3 is 2.11 bits per heavy atom. The molecule has 8 nitrogen and oxygen atoms in total. The van der Waals surface area contributed by atoms with Crippen LogP contribution in [0.25, 0.3) is 11.1 Å². The molecule has 1 heterocycles. The highest BCUT2D eigenvalue weighted by Gasteiger charge is 2.29. The highest BCUT2D eigenvalue weighted by Crippen LogP contribution is 2.32. The van der Waals surface area contributed by atoms with E-state index in [4.69, 9.17) is 0 Å². The van der Waals surface area contributed by atoms with Crippen molar-refractivity contribution in [1.29, 1.82) is 0 Å². The normalized spacial score (nSPS) is 14.9. The molecule has 0 bridgehead atoms. The molecule has 1 saturated carbocycles. The van der Waals surface area contributed by atoms with Gasteiger partial charge < -0.3 is 20.9 Å². The van der Waals surface area contributed by atoms with E-state index in [0.717, 1.165) is 71.8 Å². The van der Waals surface area contributed by atoms with Crippen LogP contribution in [0, 0.1) is 12.8 Å². The number of carbonyl (C=O) groups is 3. The number of carbonyl (C=O) groups excluding carboxylic acids is 3. The number of hydrogen-bond acceptors (Lipinski definition) is 5. The zero-order chi connectivity index (χ0) is 31.2. The lowest BCUT2D eigenvalue weighted by Crippen LogP contribution is -2.49. The summed E-state index contributed by atoms with van der Waals surface area (Å²) in [6.07, 6.45) is 1.93. The van der Waals surface area contributed by atoms with Crippen LogP contribution in [0.5, 0.6) is 0 Å². The second-order valence-electron chi connectivity index (χ2n) is 11.9. The zero-order valence-corrected chi connectivity index (χ0v) is 25.6. The fourth-order valence-electron chi connectivity index (χ4n) is 5.56. The second-order valence-corrected chi connectivity index (χ2v) is 11.9. The first-order valence-electron chi connectivity index (χ1n) is 15.6. The van der Waals surface area contributed by atoms with E-state index < -0.39 is 0 Å². The van der Waals surface area contributed by atoms with Crippen LogP contribution in [0.4, 0.5) is 17.1 Å². The highest BCUT2D eigenvalue weighted by atomic mass is 16.2. The van der Waals surface area contributed by atoms with Gasteiger partial charge >= 0.3 is 0 Å². The molecule has 3 N–H and O–H groups in total. The number of anilines is 3. The number of amides is 3. The number of nitrogens with zero attached hydrogens (tertiary/aromatic N) is 2. The molecule has 1 saturated heterocycles. The van der Waals surface area contributed by atoms with Crippen molar-refractivity contribution in [2.24, 2.45) is 5.92 Å². The van der Waals surface area contributed by atoms with Gasteiger partial charge in [0.2, 0.25) is 11.8 Å². The molecule has 1 aliphatic heterocycles. The van der Waals surface area contributed by atoms with Crippen LogP contribution in [0.1, 0.15) is 34.3 Å². The number of para-hydroxylation sites is 1. The maximum Gasteiger partial charge on any atom is 0.255 e. The average molecular weight is 602 g/mol. The molecule has 2 fully saturated rings. The van der Waals surface area contributed by atoms with Gasteiger partial charge in [0, 0.05) is 61.3 Å². The van der Waals surface area contributed by atoms with E-state index in [2.05, 4.69) is 20.9 Å². The van der Waals surface area contributed by atoms with E-state index in [1.165, 1.54) is 0 Å². The third-order valence-corrected chi connectivity index (χ3v) is 8.47. The van der Waals surface area contributed by atoms with Crippen molar-refractivity contribution >= 4 is 34.8 Å². The van der Waals surface area contributed by atoms with Gasteiger partial charge in [0.1, 0.15) is 0 Å². The Hall–Kier alpha value is -4.95. The van der Waals surface area contributed by atoms with Crippen LogP contribution in [-0.2, 0) is 16.1 Å². The zero-order valence-electron chi connectivity index (χ0n) is 25.6. The summed E-state index contributed by atoms with van der Waals surface area (Å²) in [6, 6.07) is 31.2. The minimum atomic E-state index is -0.168. The molecular formula is C37H39N5O3. The van der Waals surface area contributed by atoms with Gasteiger partial charge in [0.05, 0.1) is 6.54 Å². The van der Waals surface area contributed by atoms with Crippen LogP contribution < -0.4 is 16.0 Å². The Kier molecular flexibility index (Phi) is 9.22. The fourth-order valence-corrected chi connectivity index (χ4v) is 5.56. The summed E-state index contributed by atoms with van der Waals surface area (Å²) in [6.45, 7) is 6.21. The standard InChI is InChI=1S/C37H39N5O3/c1-26-7-16-33(40-37(45)30-14-15-30)23-34(26)28-10-12-29(13-11-28)36(44)39-32-17-8-27(9-18-32)25-41-19-21-42(22-20-41)35(43)24-38-31-5-3-2-4-6-31/h2-13,16-18,23,30,38H,14-15,19-22,24-25H2,1H3,(H,39,44)(H,40,45). The molecular weight excluding hydrogens is 562 g/mol. The van der Waals surface area contributed by atoms with Crippen molar-refractivity contribution in [1.82, 2.24) is 9.80 Å². The van der Waals surface area contributed by atoms with E-state index >= 15 is 0 Å². The summed E-state index contributed by atoms with van der Waals surface area (Å²) in [5.74, 6) is 0.187. The van der Waals surface area contributed by atoms with Crippen LogP contribution in [0.3, 0.4) is 0 Å². The van der Waals surface area contributed by atoms with Crippen LogP contribution >= 0.6 is 0 Å². The van der Waals surface area contributed by atoms with Crippen molar-refractivity contribution in [3.63, 3.8) is 0 Å². The first-order valence-corrected chi connectivity index (χ1v) is 15.6. The number of benzene rings is 4. The van der Waals surface area contributed by atoms with Gasteiger partial charge in [0.25, 0.3) is 5.91 Å². The number of piperazine rings is 1. The Labute approximate surface area is 264 Å². The van der Waals surface area contributed by atoms with E-state index in [1.807, 2.05) is 109 Å². The number of nitrogens with one attached hydrogen (secondary N) is 3. The molecule has 8 heteroatoms. The van der Waals surface area contributed by atoms with Gasteiger partial charge in [0.15, 0.2) is 0 Å². The maximum absolute atomic E-state index is 13.0. The highest BCUT2D eigenvalue weighted by molar-refractivity contribution is 6.04. The first kappa shape index (κ1) is 30.1. The SMILES string of the molecule is Cc1ccc(NC(=O)C2CC2)cc1-c1ccc(C(=O)Nc2ccc(CN3CCN(C(=O)CNc4ccccc4)CC3)cc2)cc1. The predicted octanol–water partition coefficient (Wildman–Crippen LogP) is 6.02. The van der Waals surface area contributed by atoms with E-state index in [1.54, 1.807) is 0 Å². The van der Waals surface area contributed by atoms with Gasteiger partial charge in [-0.3, -0.25) is 19.3 Å². The summed E-state index contributed by atoms with van der Waals surface area (Å²) in [7, 11) is 0. The van der Waals surface area contributed by atoms with E-state index in [0.29, 0.717) is 25.2 Å². The second kappa shape index (κ2) is 13.8. The Balaban J connectivity index is 0.971. The molecule has 0 radical (unpaired) electrons. The van der Waals surface area contributed by atoms with Crippen molar-refractivity contribution < 1.29 is 14.4 Å².